The fraction of sp³-hybridized carbons (Fsp3) is 0.545. The van der Waals surface area contributed by atoms with E-state index in [0.717, 1.165) is 0 Å². The smallest absolute Gasteiger partial charge is 0.273 e. The lowest BCUT2D eigenvalue weighted by molar-refractivity contribution is -0.114. The van der Waals surface area contributed by atoms with Crippen molar-refractivity contribution < 1.29 is 14.3 Å². The van der Waals surface area contributed by atoms with Crippen LogP contribution in [0.4, 0.5) is 5.13 Å². The molecule has 1 aromatic heterocycles. The molecular weight excluding hydrogens is 254 g/mol. The maximum atomic E-state index is 12.2. The van der Waals surface area contributed by atoms with Crippen LogP contribution in [-0.2, 0) is 9.53 Å². The molecule has 1 atom stereocenters. The largest absolute Gasteiger partial charge is 0.377 e. The lowest BCUT2D eigenvalue weighted by atomic mass is 10.2. The van der Waals surface area contributed by atoms with E-state index in [1.54, 1.807) is 10.3 Å². The normalized spacial score (nSPS) is 19.7. The van der Waals surface area contributed by atoms with Gasteiger partial charge in [-0.1, -0.05) is 0 Å². The highest BCUT2D eigenvalue weighted by Crippen LogP contribution is 2.18. The Hall–Kier alpha value is -1.47. The van der Waals surface area contributed by atoms with E-state index >= 15 is 0 Å². The summed E-state index contributed by atoms with van der Waals surface area (Å²) in [7, 11) is 0. The molecule has 1 saturated heterocycles. The molecule has 0 radical (unpaired) electrons. The topological polar surface area (TPSA) is 71.5 Å². The molecule has 1 aliphatic rings. The number of carbonyl (C=O) groups is 2. The molecule has 0 aromatic carbocycles. The molecule has 18 heavy (non-hydrogen) atoms. The third kappa shape index (κ3) is 2.85. The second-order valence-corrected chi connectivity index (χ2v) is 5.00. The highest BCUT2D eigenvalue weighted by molar-refractivity contribution is 7.14. The molecule has 1 fully saturated rings. The van der Waals surface area contributed by atoms with E-state index in [9.17, 15) is 9.59 Å². The van der Waals surface area contributed by atoms with E-state index < -0.39 is 0 Å². The standard InChI is InChI=1S/C11H15N3O3S/c1-7-5-17-4-3-14(7)10(16)9-6-18-11(13-9)12-8(2)15/h6-7H,3-5H2,1-2H3,(H,12,13,15). The van der Waals surface area contributed by atoms with Crippen molar-refractivity contribution in [1.29, 1.82) is 0 Å². The van der Waals surface area contributed by atoms with Gasteiger partial charge in [0.25, 0.3) is 5.91 Å². The molecule has 1 unspecified atom stereocenters. The van der Waals surface area contributed by atoms with Crippen molar-refractivity contribution in [3.05, 3.63) is 11.1 Å². The number of nitrogens with zero attached hydrogens (tertiary/aromatic N) is 2. The van der Waals surface area contributed by atoms with Crippen LogP contribution in [0.15, 0.2) is 5.38 Å². The third-order valence-electron chi connectivity index (χ3n) is 2.63. The van der Waals surface area contributed by atoms with Crippen LogP contribution in [0.5, 0.6) is 0 Å². The summed E-state index contributed by atoms with van der Waals surface area (Å²) in [6, 6.07) is 0.0529. The summed E-state index contributed by atoms with van der Waals surface area (Å²) < 4.78 is 5.29. The van der Waals surface area contributed by atoms with Crippen molar-refractivity contribution in [2.45, 2.75) is 19.9 Å². The van der Waals surface area contributed by atoms with E-state index in [4.69, 9.17) is 4.74 Å². The minimum Gasteiger partial charge on any atom is -0.377 e. The first-order valence-corrected chi connectivity index (χ1v) is 6.57. The fourth-order valence-corrected chi connectivity index (χ4v) is 2.49. The Kier molecular flexibility index (Phi) is 3.93. The van der Waals surface area contributed by atoms with E-state index in [0.29, 0.717) is 30.6 Å². The molecule has 1 aliphatic heterocycles. The number of thiazole rings is 1. The molecular formula is C11H15N3O3S. The Morgan fingerprint density at radius 3 is 3.06 bits per heavy atom. The molecule has 2 rings (SSSR count). The van der Waals surface area contributed by atoms with E-state index in [1.807, 2.05) is 6.92 Å². The SMILES string of the molecule is CC(=O)Nc1nc(C(=O)N2CCOCC2C)cs1. The van der Waals surface area contributed by atoms with Crippen molar-refractivity contribution in [3.8, 4) is 0 Å². The summed E-state index contributed by atoms with van der Waals surface area (Å²) in [5, 5.41) is 4.68. The molecule has 6 nitrogen and oxygen atoms in total. The minimum absolute atomic E-state index is 0.0529. The van der Waals surface area contributed by atoms with Crippen molar-refractivity contribution in [1.82, 2.24) is 9.88 Å². The number of hydrogen-bond acceptors (Lipinski definition) is 5. The van der Waals surface area contributed by atoms with Crippen molar-refractivity contribution in [3.63, 3.8) is 0 Å². The molecule has 1 N–H and O–H groups in total. The average molecular weight is 269 g/mol. The van der Waals surface area contributed by atoms with Gasteiger partial charge in [-0.2, -0.15) is 0 Å². The average Bonchev–Trinajstić information content (AvgIpc) is 2.76. The molecule has 0 aliphatic carbocycles. The Labute approximate surface area is 109 Å². The van der Waals surface area contributed by atoms with Crippen LogP contribution in [0, 0.1) is 0 Å². The molecule has 2 heterocycles. The second-order valence-electron chi connectivity index (χ2n) is 4.14. The van der Waals surface area contributed by atoms with Crippen molar-refractivity contribution in [2.75, 3.05) is 25.1 Å². The lowest BCUT2D eigenvalue weighted by Crippen LogP contribution is -2.47. The maximum absolute atomic E-state index is 12.2. The number of ether oxygens (including phenoxy) is 1. The molecule has 0 saturated carbocycles. The van der Waals surface area contributed by atoms with Crippen LogP contribution < -0.4 is 5.32 Å². The number of amides is 2. The van der Waals surface area contributed by atoms with Gasteiger partial charge in [0.05, 0.1) is 19.3 Å². The Bertz CT molecular complexity index is 460. The maximum Gasteiger partial charge on any atom is 0.273 e. The highest BCUT2D eigenvalue weighted by Gasteiger charge is 2.26. The van der Waals surface area contributed by atoms with Gasteiger partial charge in [0.1, 0.15) is 5.69 Å². The van der Waals surface area contributed by atoms with Crippen molar-refractivity contribution >= 4 is 28.3 Å². The predicted molar refractivity (Wildman–Crippen MR) is 67.7 cm³/mol. The summed E-state index contributed by atoms with van der Waals surface area (Å²) in [4.78, 5) is 29.0. The molecule has 7 heteroatoms. The van der Waals surface area contributed by atoms with Crippen LogP contribution >= 0.6 is 11.3 Å². The van der Waals surface area contributed by atoms with Gasteiger partial charge in [-0.15, -0.1) is 11.3 Å². The van der Waals surface area contributed by atoms with Crippen LogP contribution in [0.3, 0.4) is 0 Å². The van der Waals surface area contributed by atoms with Gasteiger partial charge in [0.2, 0.25) is 5.91 Å². The van der Waals surface area contributed by atoms with Gasteiger partial charge in [-0.25, -0.2) is 4.98 Å². The number of rotatable bonds is 2. The molecule has 98 valence electrons. The zero-order valence-electron chi connectivity index (χ0n) is 10.3. The molecule has 0 bridgehead atoms. The Balaban J connectivity index is 2.08. The first-order valence-electron chi connectivity index (χ1n) is 5.69. The number of morpholine rings is 1. The first kappa shape index (κ1) is 13.0. The van der Waals surface area contributed by atoms with Gasteiger partial charge in [0, 0.05) is 18.8 Å². The zero-order valence-corrected chi connectivity index (χ0v) is 11.1. The summed E-state index contributed by atoms with van der Waals surface area (Å²) >= 11 is 1.25. The van der Waals surface area contributed by atoms with Gasteiger partial charge in [-0.3, -0.25) is 9.59 Å². The molecule has 1 aromatic rings. The number of nitrogens with one attached hydrogen (secondary N) is 1. The van der Waals surface area contributed by atoms with Gasteiger partial charge in [-0.05, 0) is 6.92 Å². The van der Waals surface area contributed by atoms with Gasteiger partial charge >= 0.3 is 0 Å². The molecule has 2 amide bonds. The first-order chi connectivity index (χ1) is 8.58. The number of hydrogen-bond donors (Lipinski definition) is 1. The number of aromatic nitrogens is 1. The van der Waals surface area contributed by atoms with Gasteiger partial charge < -0.3 is 15.0 Å². The van der Waals surface area contributed by atoms with Crippen LogP contribution in [0.2, 0.25) is 0 Å². The Morgan fingerprint density at radius 1 is 1.61 bits per heavy atom. The summed E-state index contributed by atoms with van der Waals surface area (Å²) in [5.41, 5.74) is 0.373. The number of anilines is 1. The van der Waals surface area contributed by atoms with E-state index in [1.165, 1.54) is 18.3 Å². The quantitative estimate of drug-likeness (QED) is 0.868. The lowest BCUT2D eigenvalue weighted by Gasteiger charge is -2.32. The summed E-state index contributed by atoms with van der Waals surface area (Å²) in [6.45, 7) is 5.03. The summed E-state index contributed by atoms with van der Waals surface area (Å²) in [5.74, 6) is -0.304. The highest BCUT2D eigenvalue weighted by atomic mass is 32.1. The van der Waals surface area contributed by atoms with Crippen LogP contribution in [-0.4, -0.2) is 47.5 Å². The van der Waals surface area contributed by atoms with E-state index in [2.05, 4.69) is 10.3 Å². The monoisotopic (exact) mass is 269 g/mol. The zero-order chi connectivity index (χ0) is 13.1. The third-order valence-corrected chi connectivity index (χ3v) is 3.39. The summed E-state index contributed by atoms with van der Waals surface area (Å²) in [6.07, 6.45) is 0. The van der Waals surface area contributed by atoms with Crippen LogP contribution in [0.1, 0.15) is 24.3 Å². The van der Waals surface area contributed by atoms with Gasteiger partial charge in [0.15, 0.2) is 5.13 Å². The second kappa shape index (κ2) is 5.45. The Morgan fingerprint density at radius 2 is 2.39 bits per heavy atom. The van der Waals surface area contributed by atoms with Crippen LogP contribution in [0.25, 0.3) is 0 Å². The molecule has 0 spiro atoms. The minimum atomic E-state index is -0.192. The van der Waals surface area contributed by atoms with Crippen molar-refractivity contribution in [2.24, 2.45) is 0 Å². The van der Waals surface area contributed by atoms with E-state index in [-0.39, 0.29) is 17.9 Å². The predicted octanol–water partition coefficient (Wildman–Crippen LogP) is 0.962. The number of carbonyl (C=O) groups excluding carboxylic acids is 2. The fourth-order valence-electron chi connectivity index (χ4n) is 1.76.